The molecule has 0 radical (unpaired) electrons. The summed E-state index contributed by atoms with van der Waals surface area (Å²) in [5.41, 5.74) is -0.188. The van der Waals surface area contributed by atoms with E-state index in [-0.39, 0.29) is 29.2 Å². The van der Waals surface area contributed by atoms with Gasteiger partial charge in [0, 0.05) is 5.41 Å². The highest BCUT2D eigenvalue weighted by Crippen LogP contribution is 2.58. The highest BCUT2D eigenvalue weighted by atomic mass is 17.2. The molecule has 0 amide bonds. The predicted octanol–water partition coefficient (Wildman–Crippen LogP) is 0.0442. The number of hydrogen-bond donors (Lipinski definition) is 0. The van der Waals surface area contributed by atoms with Crippen molar-refractivity contribution in [3.05, 3.63) is 0 Å². The second-order valence-electron chi connectivity index (χ2n) is 4.22. The van der Waals surface area contributed by atoms with Crippen LogP contribution in [0.2, 0.25) is 0 Å². The Morgan fingerprint density at radius 1 is 1.21 bits per heavy atom. The zero-order chi connectivity index (χ0) is 9.76. The van der Waals surface area contributed by atoms with E-state index in [9.17, 15) is 9.59 Å². The van der Waals surface area contributed by atoms with Gasteiger partial charge >= 0.3 is 11.9 Å². The minimum absolute atomic E-state index is 0.188. The van der Waals surface area contributed by atoms with Gasteiger partial charge in [0.05, 0.1) is 25.0 Å². The predicted molar refractivity (Wildman–Crippen MR) is 41.7 cm³/mol. The van der Waals surface area contributed by atoms with Crippen molar-refractivity contribution in [1.29, 1.82) is 0 Å². The molecule has 3 fully saturated rings. The molecule has 76 valence electrons. The first-order valence-electron chi connectivity index (χ1n) is 4.73. The summed E-state index contributed by atoms with van der Waals surface area (Å²) in [4.78, 5) is 32.2. The lowest BCUT2D eigenvalue weighted by molar-refractivity contribution is -0.355. The molecule has 3 rings (SSSR count). The summed E-state index contributed by atoms with van der Waals surface area (Å²) in [5, 5.41) is 0. The lowest BCUT2D eigenvalue weighted by Crippen LogP contribution is -2.54. The van der Waals surface area contributed by atoms with E-state index in [0.717, 1.165) is 6.42 Å². The summed E-state index contributed by atoms with van der Waals surface area (Å²) in [6, 6.07) is 0. The lowest BCUT2D eigenvalue weighted by atomic mass is 9.53. The number of hydrogen-bond acceptors (Lipinski definition) is 5. The van der Waals surface area contributed by atoms with Crippen LogP contribution in [0.3, 0.4) is 0 Å². The number of rotatable bonds is 0. The Morgan fingerprint density at radius 2 is 2.07 bits per heavy atom. The first-order chi connectivity index (χ1) is 6.73. The summed E-state index contributed by atoms with van der Waals surface area (Å²) in [5.74, 6) is -1.24. The normalized spacial score (nSPS) is 46.0. The minimum Gasteiger partial charge on any atom is -0.393 e. The quantitative estimate of drug-likeness (QED) is 0.312. The maximum atomic E-state index is 11.4. The number of carbonyl (C=O) groups is 2. The van der Waals surface area contributed by atoms with E-state index in [1.54, 1.807) is 0 Å². The van der Waals surface area contributed by atoms with Crippen LogP contribution in [-0.4, -0.2) is 25.2 Å². The first-order valence-corrected chi connectivity index (χ1v) is 4.73. The van der Waals surface area contributed by atoms with Crippen LogP contribution in [0.15, 0.2) is 0 Å². The van der Waals surface area contributed by atoms with E-state index < -0.39 is 0 Å². The molecule has 1 spiro atoms. The standard InChI is InChI=1S/C9H10O5/c10-7-5-3-9(1-2-12-13-4-9)6(5)8(11)14-7/h5-6H,1-4H2. The third-order valence-electron chi connectivity index (χ3n) is 3.56. The number of carbonyl (C=O) groups excluding carboxylic acids is 2. The molecular weight excluding hydrogens is 188 g/mol. The lowest BCUT2D eigenvalue weighted by Gasteiger charge is -2.49. The fraction of sp³-hybridized carbons (Fsp3) is 0.778. The summed E-state index contributed by atoms with van der Waals surface area (Å²) in [6.07, 6.45) is 1.47. The maximum Gasteiger partial charge on any atom is 0.318 e. The monoisotopic (exact) mass is 198 g/mol. The second-order valence-corrected chi connectivity index (χ2v) is 4.22. The molecule has 2 saturated heterocycles. The maximum absolute atomic E-state index is 11.4. The Labute approximate surface area is 80.2 Å². The number of cyclic esters (lactones) is 2. The van der Waals surface area contributed by atoms with E-state index in [0.29, 0.717) is 19.6 Å². The van der Waals surface area contributed by atoms with Crippen molar-refractivity contribution in [3.8, 4) is 0 Å². The molecule has 0 bridgehead atoms. The zero-order valence-electron chi connectivity index (χ0n) is 7.52. The highest BCUT2D eigenvalue weighted by Gasteiger charge is 2.66. The van der Waals surface area contributed by atoms with Gasteiger partial charge in [-0.15, -0.1) is 0 Å². The Kier molecular flexibility index (Phi) is 1.52. The Hall–Kier alpha value is -0.940. The molecule has 0 aromatic carbocycles. The van der Waals surface area contributed by atoms with Crippen LogP contribution >= 0.6 is 0 Å². The van der Waals surface area contributed by atoms with Crippen molar-refractivity contribution < 1.29 is 24.1 Å². The van der Waals surface area contributed by atoms with Gasteiger partial charge in [-0.3, -0.25) is 9.59 Å². The smallest absolute Gasteiger partial charge is 0.318 e. The van der Waals surface area contributed by atoms with Crippen molar-refractivity contribution in [1.82, 2.24) is 0 Å². The molecule has 0 aromatic rings. The zero-order valence-corrected chi connectivity index (χ0v) is 7.52. The van der Waals surface area contributed by atoms with E-state index >= 15 is 0 Å². The third-order valence-corrected chi connectivity index (χ3v) is 3.56. The van der Waals surface area contributed by atoms with E-state index in [1.165, 1.54) is 0 Å². The first kappa shape index (κ1) is 8.38. The molecule has 5 heteroatoms. The summed E-state index contributed by atoms with van der Waals surface area (Å²) in [7, 11) is 0. The minimum atomic E-state index is -0.378. The van der Waals surface area contributed by atoms with Gasteiger partial charge in [0.1, 0.15) is 0 Å². The molecule has 0 N–H and O–H groups in total. The van der Waals surface area contributed by atoms with Crippen molar-refractivity contribution in [2.24, 2.45) is 17.3 Å². The van der Waals surface area contributed by atoms with Gasteiger partial charge in [-0.2, -0.15) is 0 Å². The van der Waals surface area contributed by atoms with Crippen LogP contribution in [0, 0.1) is 17.3 Å². The Bertz CT molecular complexity index is 304. The molecule has 3 atom stereocenters. The van der Waals surface area contributed by atoms with E-state index in [2.05, 4.69) is 4.74 Å². The van der Waals surface area contributed by atoms with E-state index in [4.69, 9.17) is 9.78 Å². The molecule has 2 aliphatic heterocycles. The molecule has 1 saturated carbocycles. The van der Waals surface area contributed by atoms with Crippen LogP contribution in [-0.2, 0) is 24.1 Å². The largest absolute Gasteiger partial charge is 0.393 e. The molecule has 0 aromatic heterocycles. The Morgan fingerprint density at radius 3 is 2.71 bits per heavy atom. The van der Waals surface area contributed by atoms with Crippen molar-refractivity contribution in [2.75, 3.05) is 13.2 Å². The number of esters is 2. The fourth-order valence-electron chi connectivity index (χ4n) is 2.76. The Balaban J connectivity index is 1.86. The molecule has 3 aliphatic rings. The van der Waals surface area contributed by atoms with Crippen molar-refractivity contribution in [2.45, 2.75) is 12.8 Å². The SMILES string of the molecule is O=C1OC(=O)C2C1CC21CCOOC1. The number of ether oxygens (including phenoxy) is 1. The number of fused-ring (bicyclic) bond motifs is 2. The van der Waals surface area contributed by atoms with Crippen molar-refractivity contribution in [3.63, 3.8) is 0 Å². The summed E-state index contributed by atoms with van der Waals surface area (Å²) < 4.78 is 4.60. The summed E-state index contributed by atoms with van der Waals surface area (Å²) >= 11 is 0. The molecule has 1 aliphatic carbocycles. The highest BCUT2D eigenvalue weighted by molar-refractivity contribution is 5.98. The average molecular weight is 198 g/mol. The second kappa shape index (κ2) is 2.55. The van der Waals surface area contributed by atoms with E-state index in [1.807, 2.05) is 0 Å². The van der Waals surface area contributed by atoms with Gasteiger partial charge in [-0.25, -0.2) is 9.78 Å². The van der Waals surface area contributed by atoms with Crippen LogP contribution in [0.4, 0.5) is 0 Å². The van der Waals surface area contributed by atoms with Gasteiger partial charge in [-0.05, 0) is 12.8 Å². The molecule has 5 nitrogen and oxygen atoms in total. The van der Waals surface area contributed by atoms with Gasteiger partial charge in [-0.1, -0.05) is 0 Å². The molecule has 3 unspecified atom stereocenters. The third kappa shape index (κ3) is 0.861. The van der Waals surface area contributed by atoms with Crippen LogP contribution in [0.25, 0.3) is 0 Å². The van der Waals surface area contributed by atoms with Crippen LogP contribution in [0.5, 0.6) is 0 Å². The average Bonchev–Trinajstić information content (AvgIpc) is 2.38. The van der Waals surface area contributed by atoms with Crippen molar-refractivity contribution >= 4 is 11.9 Å². The molecule has 2 heterocycles. The van der Waals surface area contributed by atoms with Gasteiger partial charge in [0.25, 0.3) is 0 Å². The topological polar surface area (TPSA) is 61.8 Å². The molecular formula is C9H10O5. The fourth-order valence-corrected chi connectivity index (χ4v) is 2.76. The molecule has 14 heavy (non-hydrogen) atoms. The summed E-state index contributed by atoms with van der Waals surface area (Å²) in [6.45, 7) is 0.890. The van der Waals surface area contributed by atoms with Gasteiger partial charge < -0.3 is 4.74 Å². The van der Waals surface area contributed by atoms with Gasteiger partial charge in [0.2, 0.25) is 0 Å². The van der Waals surface area contributed by atoms with Crippen LogP contribution < -0.4 is 0 Å². The van der Waals surface area contributed by atoms with Gasteiger partial charge in [0.15, 0.2) is 0 Å². The van der Waals surface area contributed by atoms with Crippen LogP contribution in [0.1, 0.15) is 12.8 Å².